The summed E-state index contributed by atoms with van der Waals surface area (Å²) in [6.07, 6.45) is 2.67. The maximum Gasteiger partial charge on any atom is 0.116 e. The van der Waals surface area contributed by atoms with Crippen molar-refractivity contribution < 1.29 is 5.11 Å². The van der Waals surface area contributed by atoms with Crippen LogP contribution in [0.2, 0.25) is 0 Å². The third kappa shape index (κ3) is 1.06. The van der Waals surface area contributed by atoms with E-state index in [2.05, 4.69) is 9.97 Å². The Hall–Kier alpha value is -2.16. The standard InChI is InChI=1S/C12H8N2O/c15-6-8-4-5-11-12-9(8)2-1-3-10(12)13-7-14-11/h1-7,15H/b8-6+. The van der Waals surface area contributed by atoms with Gasteiger partial charge in [0.25, 0.3) is 0 Å². The fraction of sp³-hybridized carbons (Fsp3) is 0. The van der Waals surface area contributed by atoms with Crippen molar-refractivity contribution in [3.8, 4) is 0 Å². The van der Waals surface area contributed by atoms with Crippen LogP contribution in [-0.4, -0.2) is 15.1 Å². The third-order valence-corrected chi connectivity index (χ3v) is 2.56. The Morgan fingerprint density at radius 2 is 1.80 bits per heavy atom. The van der Waals surface area contributed by atoms with Crippen molar-refractivity contribution in [3.63, 3.8) is 0 Å². The summed E-state index contributed by atoms with van der Waals surface area (Å²) < 4.78 is 0. The average Bonchev–Trinajstić information content (AvgIpc) is 2.30. The molecule has 0 aliphatic carbocycles. The van der Waals surface area contributed by atoms with Crippen LogP contribution in [-0.2, 0) is 0 Å². The monoisotopic (exact) mass is 196 g/mol. The van der Waals surface area contributed by atoms with Gasteiger partial charge in [0.15, 0.2) is 0 Å². The highest BCUT2D eigenvalue weighted by Crippen LogP contribution is 2.19. The molecule has 0 radical (unpaired) electrons. The molecule has 0 spiro atoms. The van der Waals surface area contributed by atoms with E-state index in [0.29, 0.717) is 0 Å². The molecule has 1 heterocycles. The lowest BCUT2D eigenvalue weighted by molar-refractivity contribution is 0.541. The van der Waals surface area contributed by atoms with Gasteiger partial charge in [-0.25, -0.2) is 9.97 Å². The number of nitrogens with zero attached hydrogens (tertiary/aromatic N) is 2. The summed E-state index contributed by atoms with van der Waals surface area (Å²) in [7, 11) is 0. The van der Waals surface area contributed by atoms with Crippen LogP contribution in [0, 0.1) is 0 Å². The van der Waals surface area contributed by atoms with Crippen LogP contribution in [0.4, 0.5) is 0 Å². The molecule has 72 valence electrons. The summed E-state index contributed by atoms with van der Waals surface area (Å²) in [5.74, 6) is 0. The smallest absolute Gasteiger partial charge is 0.116 e. The fourth-order valence-corrected chi connectivity index (χ4v) is 1.87. The molecule has 0 fully saturated rings. The molecule has 3 aromatic rings. The maximum absolute atomic E-state index is 9.11. The Kier molecular flexibility index (Phi) is 1.59. The van der Waals surface area contributed by atoms with E-state index in [1.807, 2.05) is 30.3 Å². The van der Waals surface area contributed by atoms with Crippen molar-refractivity contribution in [3.05, 3.63) is 41.9 Å². The van der Waals surface area contributed by atoms with Crippen molar-refractivity contribution in [2.24, 2.45) is 0 Å². The second-order valence-corrected chi connectivity index (χ2v) is 3.38. The van der Waals surface area contributed by atoms with Gasteiger partial charge in [-0.05, 0) is 23.6 Å². The van der Waals surface area contributed by atoms with Crippen LogP contribution in [0.15, 0.2) is 36.7 Å². The van der Waals surface area contributed by atoms with Gasteiger partial charge < -0.3 is 5.11 Å². The molecule has 0 saturated carbocycles. The van der Waals surface area contributed by atoms with E-state index in [1.54, 1.807) is 6.33 Å². The molecule has 1 aromatic heterocycles. The van der Waals surface area contributed by atoms with E-state index in [4.69, 9.17) is 5.11 Å². The Balaban J connectivity index is 2.73. The van der Waals surface area contributed by atoms with Crippen LogP contribution >= 0.6 is 0 Å². The maximum atomic E-state index is 9.11. The lowest BCUT2D eigenvalue weighted by Gasteiger charge is -2.03. The normalized spacial score (nSPS) is 12.7. The molecule has 0 unspecified atom stereocenters. The zero-order valence-corrected chi connectivity index (χ0v) is 7.88. The summed E-state index contributed by atoms with van der Waals surface area (Å²) >= 11 is 0. The molecule has 0 aliphatic rings. The summed E-state index contributed by atoms with van der Waals surface area (Å²) in [6, 6.07) is 9.57. The number of aliphatic hydroxyl groups is 1. The minimum Gasteiger partial charge on any atom is -0.515 e. The number of rotatable bonds is 0. The lowest BCUT2D eigenvalue weighted by Crippen LogP contribution is -2.02. The van der Waals surface area contributed by atoms with Gasteiger partial charge in [-0.1, -0.05) is 12.1 Å². The number of hydrogen-bond donors (Lipinski definition) is 1. The molecule has 3 nitrogen and oxygen atoms in total. The fourth-order valence-electron chi connectivity index (χ4n) is 1.87. The molecule has 15 heavy (non-hydrogen) atoms. The number of aliphatic hydroxyl groups excluding tert-OH is 1. The second-order valence-electron chi connectivity index (χ2n) is 3.38. The highest BCUT2D eigenvalue weighted by molar-refractivity contribution is 6.06. The Labute approximate surface area is 85.7 Å². The Bertz CT molecular complexity index is 668. The minimum absolute atomic E-state index is 0.794. The zero-order chi connectivity index (χ0) is 10.3. The SMILES string of the molecule is O/C=c1\ccc2ncnc3cccc1c32. The molecule has 2 aromatic carbocycles. The van der Waals surface area contributed by atoms with Crippen LogP contribution in [0.3, 0.4) is 0 Å². The van der Waals surface area contributed by atoms with Crippen molar-refractivity contribution in [2.45, 2.75) is 0 Å². The summed E-state index contributed by atoms with van der Waals surface area (Å²) in [6.45, 7) is 0. The van der Waals surface area contributed by atoms with Crippen molar-refractivity contribution in [2.75, 3.05) is 0 Å². The molecule has 0 aliphatic heterocycles. The van der Waals surface area contributed by atoms with Gasteiger partial charge in [0.1, 0.15) is 6.33 Å². The molecule has 3 rings (SSSR count). The van der Waals surface area contributed by atoms with E-state index >= 15 is 0 Å². The van der Waals surface area contributed by atoms with E-state index in [-0.39, 0.29) is 0 Å². The van der Waals surface area contributed by atoms with Gasteiger partial charge in [0.2, 0.25) is 0 Å². The molecule has 3 heteroatoms. The van der Waals surface area contributed by atoms with Gasteiger partial charge >= 0.3 is 0 Å². The first kappa shape index (κ1) is 8.17. The second kappa shape index (κ2) is 2.92. The third-order valence-electron chi connectivity index (χ3n) is 2.56. The summed E-state index contributed by atoms with van der Waals surface area (Å²) in [4.78, 5) is 8.40. The minimum atomic E-state index is 0.794. The van der Waals surface area contributed by atoms with Gasteiger partial charge in [0, 0.05) is 10.6 Å². The Morgan fingerprint density at radius 3 is 2.60 bits per heavy atom. The van der Waals surface area contributed by atoms with E-state index < -0.39 is 0 Å². The lowest BCUT2D eigenvalue weighted by atomic mass is 10.1. The van der Waals surface area contributed by atoms with E-state index in [0.717, 1.165) is 33.3 Å². The van der Waals surface area contributed by atoms with Crippen LogP contribution in [0.25, 0.3) is 28.1 Å². The summed E-state index contributed by atoms with van der Waals surface area (Å²) in [5, 5.41) is 11.9. The quantitative estimate of drug-likeness (QED) is 0.596. The number of hydrogen-bond acceptors (Lipinski definition) is 3. The first-order valence-corrected chi connectivity index (χ1v) is 4.67. The molecular weight excluding hydrogens is 188 g/mol. The average molecular weight is 196 g/mol. The molecule has 0 amide bonds. The van der Waals surface area contributed by atoms with Crippen molar-refractivity contribution in [1.29, 1.82) is 0 Å². The largest absolute Gasteiger partial charge is 0.515 e. The van der Waals surface area contributed by atoms with Gasteiger partial charge in [-0.15, -0.1) is 0 Å². The van der Waals surface area contributed by atoms with Crippen molar-refractivity contribution >= 4 is 28.1 Å². The van der Waals surface area contributed by atoms with Gasteiger partial charge in [-0.3, -0.25) is 0 Å². The predicted molar refractivity (Wildman–Crippen MR) is 59.4 cm³/mol. The topological polar surface area (TPSA) is 46.0 Å². The van der Waals surface area contributed by atoms with Crippen LogP contribution < -0.4 is 5.22 Å². The van der Waals surface area contributed by atoms with E-state index in [9.17, 15) is 0 Å². The molecular formula is C12H8N2O. The molecule has 1 N–H and O–H groups in total. The summed E-state index contributed by atoms with van der Waals surface area (Å²) in [5.41, 5.74) is 1.81. The molecule has 0 bridgehead atoms. The van der Waals surface area contributed by atoms with E-state index in [1.165, 1.54) is 0 Å². The molecule has 0 saturated heterocycles. The zero-order valence-electron chi connectivity index (χ0n) is 7.88. The highest BCUT2D eigenvalue weighted by Gasteiger charge is 2.03. The predicted octanol–water partition coefficient (Wildman–Crippen LogP) is 1.80. The van der Waals surface area contributed by atoms with Crippen LogP contribution in [0.1, 0.15) is 0 Å². The Morgan fingerprint density at radius 1 is 1.00 bits per heavy atom. The van der Waals surface area contributed by atoms with Gasteiger partial charge in [0.05, 0.1) is 17.3 Å². The number of aromatic nitrogens is 2. The molecule has 0 atom stereocenters. The number of benzene rings is 2. The highest BCUT2D eigenvalue weighted by atomic mass is 16.2. The van der Waals surface area contributed by atoms with Crippen LogP contribution in [0.5, 0.6) is 0 Å². The first-order valence-electron chi connectivity index (χ1n) is 4.67. The van der Waals surface area contributed by atoms with Crippen molar-refractivity contribution in [1.82, 2.24) is 9.97 Å². The van der Waals surface area contributed by atoms with Gasteiger partial charge in [-0.2, -0.15) is 0 Å². The first-order chi connectivity index (χ1) is 7.40.